The lowest BCUT2D eigenvalue weighted by atomic mass is 10.0. The maximum Gasteiger partial charge on any atom is 0.282 e. The van der Waals surface area contributed by atoms with Crippen molar-refractivity contribution in [2.45, 2.75) is 6.92 Å². The van der Waals surface area contributed by atoms with E-state index < -0.39 is 23.4 Å². The van der Waals surface area contributed by atoms with E-state index in [0.29, 0.717) is 38.6 Å². The number of rotatable bonds is 5. The summed E-state index contributed by atoms with van der Waals surface area (Å²) in [7, 11) is 1.44. The fourth-order valence-corrected chi connectivity index (χ4v) is 3.68. The number of methoxy groups -OCH3 is 1. The van der Waals surface area contributed by atoms with E-state index in [1.54, 1.807) is 49.4 Å². The molecule has 0 radical (unpaired) electrons. The van der Waals surface area contributed by atoms with Crippen LogP contribution in [-0.2, 0) is 9.59 Å². The largest absolute Gasteiger partial charge is 0.496 e. The lowest BCUT2D eigenvalue weighted by Gasteiger charge is -2.16. The number of anilines is 2. The highest BCUT2D eigenvalue weighted by atomic mass is 35.5. The number of halogens is 3. The summed E-state index contributed by atoms with van der Waals surface area (Å²) in [5.41, 5.74) is 1.08. The second kappa shape index (κ2) is 8.43. The van der Waals surface area contributed by atoms with E-state index in [1.165, 1.54) is 7.11 Å². The summed E-state index contributed by atoms with van der Waals surface area (Å²) in [5, 5.41) is 3.46. The van der Waals surface area contributed by atoms with Crippen molar-refractivity contribution in [2.75, 3.05) is 17.3 Å². The van der Waals surface area contributed by atoms with Gasteiger partial charge in [0.25, 0.3) is 11.8 Å². The van der Waals surface area contributed by atoms with Gasteiger partial charge in [-0.2, -0.15) is 0 Å². The zero-order valence-corrected chi connectivity index (χ0v) is 17.8. The molecule has 1 N–H and O–H groups in total. The van der Waals surface area contributed by atoms with Gasteiger partial charge in [-0.1, -0.05) is 35.9 Å². The van der Waals surface area contributed by atoms with Crippen LogP contribution < -0.4 is 15.0 Å². The fourth-order valence-electron chi connectivity index (χ4n) is 3.51. The first-order valence-electron chi connectivity index (χ1n) is 9.57. The third kappa shape index (κ3) is 3.61. The predicted molar refractivity (Wildman–Crippen MR) is 119 cm³/mol. The average molecular weight is 455 g/mol. The van der Waals surface area contributed by atoms with Crippen LogP contribution in [-0.4, -0.2) is 18.9 Å². The molecule has 1 heterocycles. The van der Waals surface area contributed by atoms with Crippen molar-refractivity contribution < 1.29 is 23.1 Å². The third-order valence-corrected chi connectivity index (χ3v) is 5.55. The van der Waals surface area contributed by atoms with Gasteiger partial charge in [-0.15, -0.1) is 0 Å². The van der Waals surface area contributed by atoms with Gasteiger partial charge in [0, 0.05) is 22.3 Å². The van der Waals surface area contributed by atoms with Crippen molar-refractivity contribution in [1.29, 1.82) is 0 Å². The maximum atomic E-state index is 14.5. The maximum absolute atomic E-state index is 14.5. The van der Waals surface area contributed by atoms with Gasteiger partial charge in [-0.3, -0.25) is 9.59 Å². The van der Waals surface area contributed by atoms with Gasteiger partial charge in [0.05, 0.1) is 18.4 Å². The van der Waals surface area contributed by atoms with E-state index in [0.717, 1.165) is 12.1 Å². The van der Waals surface area contributed by atoms with Crippen molar-refractivity contribution in [1.82, 2.24) is 0 Å². The highest BCUT2D eigenvalue weighted by molar-refractivity contribution is 6.46. The molecule has 5 nitrogen and oxygen atoms in total. The Labute approximate surface area is 187 Å². The number of carbonyl (C=O) groups is 2. The summed E-state index contributed by atoms with van der Waals surface area (Å²) < 4.78 is 33.3. The summed E-state index contributed by atoms with van der Waals surface area (Å²) in [6.07, 6.45) is 0. The Morgan fingerprint density at radius 3 is 2.44 bits per heavy atom. The van der Waals surface area contributed by atoms with Crippen molar-refractivity contribution >= 4 is 40.4 Å². The number of imide groups is 1. The molecule has 0 aliphatic carbocycles. The van der Waals surface area contributed by atoms with Crippen LogP contribution in [0.25, 0.3) is 5.57 Å². The van der Waals surface area contributed by atoms with E-state index in [1.807, 2.05) is 0 Å². The molecule has 0 spiro atoms. The van der Waals surface area contributed by atoms with Crippen LogP contribution in [0, 0.1) is 18.6 Å². The number of nitrogens with zero attached hydrogens (tertiary/aromatic N) is 1. The van der Waals surface area contributed by atoms with E-state index in [4.69, 9.17) is 16.3 Å². The van der Waals surface area contributed by atoms with E-state index in [2.05, 4.69) is 5.32 Å². The highest BCUT2D eigenvalue weighted by Gasteiger charge is 2.42. The minimum atomic E-state index is -1.04. The number of para-hydroxylation sites is 1. The molecule has 2 amide bonds. The molecule has 0 saturated carbocycles. The Hall–Kier alpha value is -3.71. The molecule has 1 aliphatic rings. The number of hydrogen-bond acceptors (Lipinski definition) is 4. The van der Waals surface area contributed by atoms with Crippen LogP contribution >= 0.6 is 11.6 Å². The lowest BCUT2D eigenvalue weighted by molar-refractivity contribution is -0.120. The molecule has 3 aromatic carbocycles. The van der Waals surface area contributed by atoms with Crippen LogP contribution in [0.15, 0.2) is 66.4 Å². The molecule has 0 unspecified atom stereocenters. The molecule has 0 saturated heterocycles. The number of amides is 2. The summed E-state index contributed by atoms with van der Waals surface area (Å²) in [5.74, 6) is -3.07. The van der Waals surface area contributed by atoms with Gasteiger partial charge in [0.15, 0.2) is 0 Å². The minimum absolute atomic E-state index is 0.00412. The molecule has 8 heteroatoms. The smallest absolute Gasteiger partial charge is 0.282 e. The number of nitrogens with one attached hydrogen (secondary N) is 1. The van der Waals surface area contributed by atoms with Crippen molar-refractivity contribution in [2.24, 2.45) is 0 Å². The Kier molecular flexibility index (Phi) is 5.67. The zero-order chi connectivity index (χ0) is 23.0. The number of benzene rings is 3. The van der Waals surface area contributed by atoms with Crippen LogP contribution in [0.4, 0.5) is 20.2 Å². The summed E-state index contributed by atoms with van der Waals surface area (Å²) >= 11 is 6.20. The molecule has 0 aromatic heterocycles. The Morgan fingerprint density at radius 1 is 0.969 bits per heavy atom. The third-order valence-electron chi connectivity index (χ3n) is 5.14. The monoisotopic (exact) mass is 454 g/mol. The first kappa shape index (κ1) is 21.5. The van der Waals surface area contributed by atoms with Crippen molar-refractivity contribution in [3.63, 3.8) is 0 Å². The Balaban J connectivity index is 1.91. The SMILES string of the molecule is COc1ccccc1C1=C(Nc2cccc(Cl)c2C)C(=O)N(c2ccc(F)cc2F)C1=O. The summed E-state index contributed by atoms with van der Waals surface area (Å²) in [6.45, 7) is 1.76. The van der Waals surface area contributed by atoms with Crippen molar-refractivity contribution in [3.05, 3.63) is 94.1 Å². The highest BCUT2D eigenvalue weighted by Crippen LogP contribution is 2.38. The Morgan fingerprint density at radius 2 is 1.72 bits per heavy atom. The molecule has 0 atom stereocenters. The molecule has 32 heavy (non-hydrogen) atoms. The van der Waals surface area contributed by atoms with Gasteiger partial charge in [0.1, 0.15) is 23.1 Å². The molecule has 4 rings (SSSR count). The molecule has 162 valence electrons. The van der Waals surface area contributed by atoms with Crippen LogP contribution in [0.3, 0.4) is 0 Å². The molecular formula is C24H17ClF2N2O3. The number of carbonyl (C=O) groups excluding carboxylic acids is 2. The average Bonchev–Trinajstić information content (AvgIpc) is 3.01. The summed E-state index contributed by atoms with van der Waals surface area (Å²) in [6, 6.07) is 14.4. The molecule has 0 fully saturated rings. The first-order chi connectivity index (χ1) is 15.3. The Bertz CT molecular complexity index is 1290. The number of ether oxygens (including phenoxy) is 1. The normalized spacial score (nSPS) is 13.7. The van der Waals surface area contributed by atoms with Crippen LogP contribution in [0.5, 0.6) is 5.75 Å². The molecule has 3 aromatic rings. The zero-order valence-electron chi connectivity index (χ0n) is 17.1. The quantitative estimate of drug-likeness (QED) is 0.529. The van der Waals surface area contributed by atoms with Gasteiger partial charge >= 0.3 is 0 Å². The van der Waals surface area contributed by atoms with Gasteiger partial charge in [-0.25, -0.2) is 13.7 Å². The molecule has 1 aliphatic heterocycles. The lowest BCUT2D eigenvalue weighted by Crippen LogP contribution is -2.33. The van der Waals surface area contributed by atoms with E-state index in [9.17, 15) is 18.4 Å². The van der Waals surface area contributed by atoms with E-state index >= 15 is 0 Å². The van der Waals surface area contributed by atoms with Crippen LogP contribution in [0.2, 0.25) is 5.02 Å². The van der Waals surface area contributed by atoms with Gasteiger partial charge in [0.2, 0.25) is 0 Å². The van der Waals surface area contributed by atoms with E-state index in [-0.39, 0.29) is 17.0 Å². The van der Waals surface area contributed by atoms with Gasteiger partial charge < -0.3 is 10.1 Å². The van der Waals surface area contributed by atoms with Crippen molar-refractivity contribution in [3.8, 4) is 5.75 Å². The van der Waals surface area contributed by atoms with Crippen LogP contribution in [0.1, 0.15) is 11.1 Å². The second-order valence-electron chi connectivity index (χ2n) is 7.03. The second-order valence-corrected chi connectivity index (χ2v) is 7.44. The molecule has 0 bridgehead atoms. The predicted octanol–water partition coefficient (Wildman–Crippen LogP) is 5.33. The van der Waals surface area contributed by atoms with Gasteiger partial charge in [-0.05, 0) is 42.8 Å². The standard InChI is InChI=1S/C24H17ClF2N2O3/c1-13-16(25)7-5-8-18(13)28-22-21(15-6-3-4-9-20(15)32-2)23(30)29(24(22)31)19-11-10-14(26)12-17(19)27/h3-12,28H,1-2H3. The topological polar surface area (TPSA) is 58.6 Å². The fraction of sp³-hybridized carbons (Fsp3) is 0.0833. The summed E-state index contributed by atoms with van der Waals surface area (Å²) in [4.78, 5) is 27.5. The minimum Gasteiger partial charge on any atom is -0.496 e. The molecular weight excluding hydrogens is 438 g/mol. The number of hydrogen-bond donors (Lipinski definition) is 1. The first-order valence-corrected chi connectivity index (χ1v) is 9.95.